The fraction of sp³-hybridized carbons (Fsp3) is 0.167. The van der Waals surface area contributed by atoms with Gasteiger partial charge >= 0.3 is 0 Å². The number of hydrogen-bond donors (Lipinski definition) is 2. The zero-order valence-electron chi connectivity index (χ0n) is 9.64. The van der Waals surface area contributed by atoms with Crippen LogP contribution in [-0.4, -0.2) is 9.97 Å². The Kier molecular flexibility index (Phi) is 3.96. The number of aromatic nitrogens is 2. The molecule has 0 saturated carbocycles. The molecule has 0 bridgehead atoms. The lowest BCUT2D eigenvalue weighted by Gasteiger charge is -2.08. The molecule has 0 atom stereocenters. The highest BCUT2D eigenvalue weighted by Gasteiger charge is 2.07. The van der Waals surface area contributed by atoms with Gasteiger partial charge in [-0.1, -0.05) is 35.9 Å². The quantitative estimate of drug-likeness (QED) is 0.822. The zero-order chi connectivity index (χ0) is 13.0. The van der Waals surface area contributed by atoms with Crippen molar-refractivity contribution in [1.82, 2.24) is 9.97 Å². The molecular formula is C12H13ClN4O. The van der Waals surface area contributed by atoms with Gasteiger partial charge < -0.3 is 16.2 Å². The summed E-state index contributed by atoms with van der Waals surface area (Å²) in [5.74, 6) is 0.290. The van der Waals surface area contributed by atoms with E-state index in [0.29, 0.717) is 13.2 Å². The molecule has 2 rings (SSSR count). The third-order valence-corrected chi connectivity index (χ3v) is 2.73. The Hall–Kier alpha value is -1.85. The largest absolute Gasteiger partial charge is 0.471 e. The van der Waals surface area contributed by atoms with Crippen molar-refractivity contribution < 1.29 is 4.74 Å². The van der Waals surface area contributed by atoms with E-state index in [4.69, 9.17) is 27.8 Å². The predicted octanol–water partition coefficient (Wildman–Crippen LogP) is 1.75. The number of halogens is 1. The fourth-order valence-electron chi connectivity index (χ4n) is 1.40. The number of ether oxygens (including phenoxy) is 1. The average Bonchev–Trinajstić information content (AvgIpc) is 2.41. The van der Waals surface area contributed by atoms with Crippen molar-refractivity contribution in [1.29, 1.82) is 0 Å². The highest BCUT2D eigenvalue weighted by atomic mass is 35.5. The van der Waals surface area contributed by atoms with Crippen LogP contribution in [0.4, 0.5) is 5.69 Å². The summed E-state index contributed by atoms with van der Waals surface area (Å²) in [6.07, 6.45) is 1.31. The average molecular weight is 265 g/mol. The van der Waals surface area contributed by atoms with Crippen molar-refractivity contribution >= 4 is 17.3 Å². The molecule has 2 aromatic rings. The second-order valence-electron chi connectivity index (χ2n) is 3.69. The van der Waals surface area contributed by atoms with Gasteiger partial charge in [-0.05, 0) is 11.1 Å². The van der Waals surface area contributed by atoms with E-state index in [1.807, 2.05) is 24.3 Å². The molecule has 0 amide bonds. The normalized spacial score (nSPS) is 10.3. The molecule has 0 aliphatic rings. The minimum Gasteiger partial charge on any atom is -0.471 e. The molecule has 1 aromatic heterocycles. The highest BCUT2D eigenvalue weighted by molar-refractivity contribution is 6.32. The maximum absolute atomic E-state index is 5.77. The number of nitrogen functional groups attached to an aromatic ring is 1. The second kappa shape index (κ2) is 5.66. The highest BCUT2D eigenvalue weighted by Crippen LogP contribution is 2.24. The third kappa shape index (κ3) is 2.88. The first-order chi connectivity index (χ1) is 8.70. The Bertz CT molecular complexity index is 530. The van der Waals surface area contributed by atoms with Gasteiger partial charge in [-0.3, -0.25) is 0 Å². The van der Waals surface area contributed by atoms with Gasteiger partial charge in [0.25, 0.3) is 0 Å². The summed E-state index contributed by atoms with van der Waals surface area (Å²) >= 11 is 5.77. The van der Waals surface area contributed by atoms with E-state index in [0.717, 1.165) is 11.1 Å². The van der Waals surface area contributed by atoms with E-state index in [2.05, 4.69) is 9.97 Å². The van der Waals surface area contributed by atoms with Crippen LogP contribution < -0.4 is 16.2 Å². The van der Waals surface area contributed by atoms with Crippen molar-refractivity contribution in [3.8, 4) is 5.88 Å². The Morgan fingerprint density at radius 3 is 2.44 bits per heavy atom. The van der Waals surface area contributed by atoms with Gasteiger partial charge in [0.15, 0.2) is 5.15 Å². The van der Waals surface area contributed by atoms with Gasteiger partial charge in [-0.25, -0.2) is 4.98 Å². The van der Waals surface area contributed by atoms with Crippen molar-refractivity contribution in [2.45, 2.75) is 13.2 Å². The van der Waals surface area contributed by atoms with Crippen molar-refractivity contribution in [3.63, 3.8) is 0 Å². The molecular weight excluding hydrogens is 252 g/mol. The molecule has 0 fully saturated rings. The van der Waals surface area contributed by atoms with E-state index in [1.165, 1.54) is 6.33 Å². The summed E-state index contributed by atoms with van der Waals surface area (Å²) in [5.41, 5.74) is 13.5. The van der Waals surface area contributed by atoms with E-state index < -0.39 is 0 Å². The molecule has 0 unspecified atom stereocenters. The summed E-state index contributed by atoms with van der Waals surface area (Å²) in [7, 11) is 0. The van der Waals surface area contributed by atoms with Crippen LogP contribution in [0.15, 0.2) is 30.6 Å². The number of nitrogens with zero attached hydrogens (tertiary/aromatic N) is 2. The van der Waals surface area contributed by atoms with Crippen molar-refractivity contribution in [2.24, 2.45) is 5.73 Å². The van der Waals surface area contributed by atoms with Crippen LogP contribution >= 0.6 is 11.6 Å². The van der Waals surface area contributed by atoms with Crippen LogP contribution in [-0.2, 0) is 13.2 Å². The Morgan fingerprint density at radius 1 is 1.11 bits per heavy atom. The van der Waals surface area contributed by atoms with Crippen molar-refractivity contribution in [3.05, 3.63) is 46.9 Å². The second-order valence-corrected chi connectivity index (χ2v) is 4.05. The van der Waals surface area contributed by atoms with Crippen LogP contribution in [0.3, 0.4) is 0 Å². The van der Waals surface area contributed by atoms with Crippen molar-refractivity contribution in [2.75, 3.05) is 5.73 Å². The summed E-state index contributed by atoms with van der Waals surface area (Å²) in [6, 6.07) is 7.80. The van der Waals surface area contributed by atoms with E-state index >= 15 is 0 Å². The molecule has 5 nitrogen and oxygen atoms in total. The first kappa shape index (κ1) is 12.6. The maximum atomic E-state index is 5.77. The van der Waals surface area contributed by atoms with Gasteiger partial charge in [0.1, 0.15) is 18.6 Å². The molecule has 6 heteroatoms. The SMILES string of the molecule is NCc1ccc(COc2ncnc(Cl)c2N)cc1. The zero-order valence-corrected chi connectivity index (χ0v) is 10.4. The lowest BCUT2D eigenvalue weighted by atomic mass is 10.1. The number of nitrogens with two attached hydrogens (primary N) is 2. The molecule has 4 N–H and O–H groups in total. The number of anilines is 1. The summed E-state index contributed by atoms with van der Waals surface area (Å²) < 4.78 is 5.49. The van der Waals surface area contributed by atoms with Crippen LogP contribution in [0.1, 0.15) is 11.1 Å². The summed E-state index contributed by atoms with van der Waals surface area (Å²) in [4.78, 5) is 7.68. The number of benzene rings is 1. The van der Waals surface area contributed by atoms with Crippen LogP contribution in [0.5, 0.6) is 5.88 Å². The van der Waals surface area contributed by atoms with Gasteiger partial charge in [-0.15, -0.1) is 0 Å². The summed E-state index contributed by atoms with van der Waals surface area (Å²) in [6.45, 7) is 0.887. The fourth-order valence-corrected chi connectivity index (χ4v) is 1.52. The smallest absolute Gasteiger partial charge is 0.242 e. The Morgan fingerprint density at radius 2 is 1.78 bits per heavy atom. The van der Waals surface area contributed by atoms with E-state index in [-0.39, 0.29) is 16.7 Å². The molecule has 1 heterocycles. The summed E-state index contributed by atoms with van der Waals surface area (Å²) in [5, 5.41) is 0.193. The number of hydrogen-bond acceptors (Lipinski definition) is 5. The lowest BCUT2D eigenvalue weighted by Crippen LogP contribution is -2.02. The first-order valence-corrected chi connectivity index (χ1v) is 5.75. The standard InChI is InChI=1S/C12H13ClN4O/c13-11-10(15)12(17-7-16-11)18-6-9-3-1-8(5-14)2-4-9/h1-4,7H,5-6,14-15H2. The molecule has 1 aromatic carbocycles. The van der Waals surface area contributed by atoms with Crippen LogP contribution in [0.2, 0.25) is 5.15 Å². The minimum atomic E-state index is 0.193. The molecule has 94 valence electrons. The Balaban J connectivity index is 2.04. The van der Waals surface area contributed by atoms with E-state index in [1.54, 1.807) is 0 Å². The van der Waals surface area contributed by atoms with Gasteiger partial charge in [-0.2, -0.15) is 4.98 Å². The third-order valence-electron chi connectivity index (χ3n) is 2.43. The van der Waals surface area contributed by atoms with Gasteiger partial charge in [0.2, 0.25) is 5.88 Å². The lowest BCUT2D eigenvalue weighted by molar-refractivity contribution is 0.295. The molecule has 0 radical (unpaired) electrons. The number of rotatable bonds is 4. The maximum Gasteiger partial charge on any atom is 0.242 e. The van der Waals surface area contributed by atoms with Crippen LogP contribution in [0.25, 0.3) is 0 Å². The predicted molar refractivity (Wildman–Crippen MR) is 70.1 cm³/mol. The molecule has 0 spiro atoms. The van der Waals surface area contributed by atoms with Crippen LogP contribution in [0, 0.1) is 0 Å². The Labute approximate surface area is 110 Å². The first-order valence-electron chi connectivity index (χ1n) is 5.37. The van der Waals surface area contributed by atoms with Gasteiger partial charge in [0, 0.05) is 6.54 Å². The minimum absolute atomic E-state index is 0.193. The molecule has 0 aliphatic carbocycles. The molecule has 0 saturated heterocycles. The topological polar surface area (TPSA) is 87.0 Å². The van der Waals surface area contributed by atoms with E-state index in [9.17, 15) is 0 Å². The molecule has 18 heavy (non-hydrogen) atoms. The van der Waals surface area contributed by atoms with Gasteiger partial charge in [0.05, 0.1) is 0 Å². The molecule has 0 aliphatic heterocycles. The monoisotopic (exact) mass is 264 g/mol.